The van der Waals surface area contributed by atoms with E-state index in [1.165, 1.54) is 29.5 Å². The summed E-state index contributed by atoms with van der Waals surface area (Å²) in [6.07, 6.45) is -2.95. The summed E-state index contributed by atoms with van der Waals surface area (Å²) >= 11 is 0. The van der Waals surface area contributed by atoms with E-state index < -0.39 is 11.7 Å². The highest BCUT2D eigenvalue weighted by molar-refractivity contribution is 5.94. The highest BCUT2D eigenvalue weighted by Crippen LogP contribution is 2.30. The van der Waals surface area contributed by atoms with Gasteiger partial charge in [0.2, 0.25) is 5.82 Å². The van der Waals surface area contributed by atoms with Gasteiger partial charge in [0.1, 0.15) is 5.69 Å². The molecule has 1 aliphatic heterocycles. The Kier molecular flexibility index (Phi) is 6.75. The average Bonchev–Trinajstić information content (AvgIpc) is 3.40. The maximum absolute atomic E-state index is 13.0. The van der Waals surface area contributed by atoms with Crippen LogP contribution in [0.1, 0.15) is 27.0 Å². The van der Waals surface area contributed by atoms with Crippen LogP contribution in [0.25, 0.3) is 23.0 Å². The number of piperazine rings is 1. The van der Waals surface area contributed by atoms with Gasteiger partial charge in [0.15, 0.2) is 0 Å². The van der Waals surface area contributed by atoms with E-state index in [0.29, 0.717) is 29.9 Å². The van der Waals surface area contributed by atoms with Crippen LogP contribution in [0.2, 0.25) is 0 Å². The number of hydrogen-bond acceptors (Lipinski definition) is 6. The first-order valence-corrected chi connectivity index (χ1v) is 11.8. The lowest BCUT2D eigenvalue weighted by Crippen LogP contribution is -2.48. The van der Waals surface area contributed by atoms with E-state index in [4.69, 9.17) is 4.52 Å². The van der Waals surface area contributed by atoms with Crippen LogP contribution in [-0.2, 0) is 12.7 Å². The monoisotopic (exact) mass is 507 g/mol. The van der Waals surface area contributed by atoms with E-state index in [-0.39, 0.29) is 17.6 Å². The molecule has 0 spiro atoms. The Morgan fingerprint density at radius 3 is 2.27 bits per heavy atom. The molecule has 0 saturated carbocycles. The molecule has 10 heteroatoms. The number of halogens is 3. The minimum absolute atomic E-state index is 0.0926. The van der Waals surface area contributed by atoms with Gasteiger partial charge in [0, 0.05) is 44.5 Å². The number of benzene rings is 2. The minimum Gasteiger partial charge on any atom is -0.336 e. The van der Waals surface area contributed by atoms with Crippen LogP contribution in [0.15, 0.2) is 71.4 Å². The molecule has 1 amide bonds. The van der Waals surface area contributed by atoms with Crippen LogP contribution in [0.3, 0.4) is 0 Å². The second kappa shape index (κ2) is 10.1. The molecule has 0 atom stereocenters. The van der Waals surface area contributed by atoms with E-state index >= 15 is 0 Å². The van der Waals surface area contributed by atoms with Crippen LogP contribution >= 0.6 is 0 Å². The fourth-order valence-corrected chi connectivity index (χ4v) is 4.14. The summed E-state index contributed by atoms with van der Waals surface area (Å²) in [5.41, 5.74) is 2.94. The summed E-state index contributed by atoms with van der Waals surface area (Å²) in [4.78, 5) is 25.6. The highest BCUT2D eigenvalue weighted by Gasteiger charge is 2.30. The zero-order valence-corrected chi connectivity index (χ0v) is 20.1. The summed E-state index contributed by atoms with van der Waals surface area (Å²) < 4.78 is 43.6. The van der Waals surface area contributed by atoms with Crippen molar-refractivity contribution >= 4 is 5.91 Å². The van der Waals surface area contributed by atoms with E-state index in [0.717, 1.165) is 31.8 Å². The molecular weight excluding hydrogens is 483 g/mol. The molecule has 0 N–H and O–H groups in total. The molecule has 0 bridgehead atoms. The average molecular weight is 508 g/mol. The van der Waals surface area contributed by atoms with Crippen molar-refractivity contribution in [2.75, 3.05) is 26.2 Å². The molecule has 5 rings (SSSR count). The SMILES string of the molecule is Cc1ccc(CN2CCN(C(=O)c3ccc(-c4nc(-c5ccc(C(F)(F)F)cc5)no4)nc3)CC2)cc1. The third-order valence-electron chi connectivity index (χ3n) is 6.31. The van der Waals surface area contributed by atoms with Crippen molar-refractivity contribution in [2.45, 2.75) is 19.6 Å². The number of rotatable bonds is 5. The van der Waals surface area contributed by atoms with Crippen LogP contribution in [0.5, 0.6) is 0 Å². The van der Waals surface area contributed by atoms with E-state index in [2.05, 4.69) is 51.2 Å². The van der Waals surface area contributed by atoms with Gasteiger partial charge in [0.05, 0.1) is 11.1 Å². The number of aryl methyl sites for hydroxylation is 1. The van der Waals surface area contributed by atoms with Crippen LogP contribution in [0.4, 0.5) is 13.2 Å². The third kappa shape index (κ3) is 5.69. The molecule has 0 unspecified atom stereocenters. The Labute approximate surface area is 211 Å². The summed E-state index contributed by atoms with van der Waals surface area (Å²) in [6, 6.07) is 16.3. The third-order valence-corrected chi connectivity index (χ3v) is 6.31. The largest absolute Gasteiger partial charge is 0.416 e. The lowest BCUT2D eigenvalue weighted by atomic mass is 10.1. The number of carbonyl (C=O) groups is 1. The van der Waals surface area contributed by atoms with Crippen molar-refractivity contribution in [3.8, 4) is 23.0 Å². The van der Waals surface area contributed by atoms with Gasteiger partial charge in [-0.3, -0.25) is 14.7 Å². The predicted molar refractivity (Wildman–Crippen MR) is 130 cm³/mol. The van der Waals surface area contributed by atoms with E-state index in [1.54, 1.807) is 12.1 Å². The molecule has 37 heavy (non-hydrogen) atoms. The van der Waals surface area contributed by atoms with E-state index in [9.17, 15) is 18.0 Å². The first-order chi connectivity index (χ1) is 17.8. The zero-order valence-electron chi connectivity index (χ0n) is 20.1. The number of carbonyl (C=O) groups excluding carboxylic acids is 1. The normalized spacial score (nSPS) is 14.6. The van der Waals surface area contributed by atoms with Crippen molar-refractivity contribution in [1.29, 1.82) is 0 Å². The summed E-state index contributed by atoms with van der Waals surface area (Å²) in [6.45, 7) is 5.77. The van der Waals surface area contributed by atoms with Gasteiger partial charge in [-0.2, -0.15) is 18.2 Å². The Morgan fingerprint density at radius 1 is 0.946 bits per heavy atom. The number of hydrogen-bond donors (Lipinski definition) is 0. The second-order valence-corrected chi connectivity index (χ2v) is 8.98. The number of pyridine rings is 1. The molecule has 0 radical (unpaired) electrons. The van der Waals surface area contributed by atoms with Crippen LogP contribution in [0, 0.1) is 6.92 Å². The van der Waals surface area contributed by atoms with Gasteiger partial charge >= 0.3 is 6.18 Å². The topological polar surface area (TPSA) is 75.4 Å². The minimum atomic E-state index is -4.42. The smallest absolute Gasteiger partial charge is 0.336 e. The molecule has 2 aromatic carbocycles. The van der Waals surface area contributed by atoms with Gasteiger partial charge < -0.3 is 9.42 Å². The van der Waals surface area contributed by atoms with Gasteiger partial charge in [-0.25, -0.2) is 0 Å². The van der Waals surface area contributed by atoms with Crippen LogP contribution < -0.4 is 0 Å². The molecule has 0 aliphatic carbocycles. The second-order valence-electron chi connectivity index (χ2n) is 8.98. The Balaban J connectivity index is 1.19. The summed E-state index contributed by atoms with van der Waals surface area (Å²) in [5.74, 6) is 0.165. The first kappa shape index (κ1) is 24.6. The molecule has 3 heterocycles. The standard InChI is InChI=1S/C27H24F3N5O2/c1-18-2-4-19(5-3-18)17-34-12-14-35(15-13-34)26(36)21-8-11-23(31-16-21)25-32-24(33-37-25)20-6-9-22(10-7-20)27(28,29)30/h2-11,16H,12-15,17H2,1H3. The predicted octanol–water partition coefficient (Wildman–Crippen LogP) is 5.08. The van der Waals surface area contributed by atoms with Gasteiger partial charge in [0.25, 0.3) is 11.8 Å². The Bertz CT molecular complexity index is 1360. The number of amides is 1. The fraction of sp³-hybridized carbons (Fsp3) is 0.259. The maximum Gasteiger partial charge on any atom is 0.416 e. The van der Waals surface area contributed by atoms with Gasteiger partial charge in [-0.1, -0.05) is 47.1 Å². The fourth-order valence-electron chi connectivity index (χ4n) is 4.14. The zero-order chi connectivity index (χ0) is 26.0. The maximum atomic E-state index is 13.0. The lowest BCUT2D eigenvalue weighted by Gasteiger charge is -2.34. The first-order valence-electron chi connectivity index (χ1n) is 11.8. The molecule has 1 aliphatic rings. The molecule has 190 valence electrons. The Hall–Kier alpha value is -4.05. The highest BCUT2D eigenvalue weighted by atomic mass is 19.4. The van der Waals surface area contributed by atoms with E-state index in [1.807, 2.05) is 4.90 Å². The molecule has 1 fully saturated rings. The molecular formula is C27H24F3N5O2. The number of alkyl halides is 3. The lowest BCUT2D eigenvalue weighted by molar-refractivity contribution is -0.137. The Morgan fingerprint density at radius 2 is 1.65 bits per heavy atom. The van der Waals surface area contributed by atoms with Gasteiger partial charge in [-0.05, 0) is 36.8 Å². The van der Waals surface area contributed by atoms with Crippen molar-refractivity contribution in [3.63, 3.8) is 0 Å². The number of aromatic nitrogens is 3. The molecule has 4 aromatic rings. The molecule has 7 nitrogen and oxygen atoms in total. The van der Waals surface area contributed by atoms with Crippen molar-refractivity contribution in [3.05, 3.63) is 89.1 Å². The quantitative estimate of drug-likeness (QED) is 0.375. The molecule has 1 saturated heterocycles. The van der Waals surface area contributed by atoms with Crippen molar-refractivity contribution < 1.29 is 22.5 Å². The summed E-state index contributed by atoms with van der Waals surface area (Å²) in [7, 11) is 0. The molecule has 2 aromatic heterocycles. The summed E-state index contributed by atoms with van der Waals surface area (Å²) in [5, 5.41) is 3.84. The van der Waals surface area contributed by atoms with Gasteiger partial charge in [-0.15, -0.1) is 0 Å². The van der Waals surface area contributed by atoms with Crippen molar-refractivity contribution in [2.24, 2.45) is 0 Å². The van der Waals surface area contributed by atoms with Crippen molar-refractivity contribution in [1.82, 2.24) is 24.9 Å². The van der Waals surface area contributed by atoms with Crippen LogP contribution in [-0.4, -0.2) is 57.0 Å². The number of nitrogens with zero attached hydrogens (tertiary/aromatic N) is 5.